The molecule has 0 atom stereocenters. The molecule has 0 heterocycles. The van der Waals surface area contributed by atoms with Gasteiger partial charge in [0.05, 0.1) is 7.11 Å². The molecule has 0 bridgehead atoms. The molecule has 3 N–H and O–H groups in total. The minimum atomic E-state index is -1.82. The van der Waals surface area contributed by atoms with Crippen LogP contribution in [0.2, 0.25) is 0 Å². The van der Waals surface area contributed by atoms with Crippen LogP contribution < -0.4 is 10.1 Å². The van der Waals surface area contributed by atoms with Crippen LogP contribution in [0.15, 0.2) is 24.3 Å². The van der Waals surface area contributed by atoms with Gasteiger partial charge in [0.15, 0.2) is 0 Å². The zero-order chi connectivity index (χ0) is 19.2. The second-order valence-electron chi connectivity index (χ2n) is 5.30. The summed E-state index contributed by atoms with van der Waals surface area (Å²) in [7, 11) is 3.66. The Balaban J connectivity index is 0.000000823. The van der Waals surface area contributed by atoms with Crippen molar-refractivity contribution in [3.8, 4) is 5.75 Å². The maximum absolute atomic E-state index is 11.8. The van der Waals surface area contributed by atoms with Crippen LogP contribution in [-0.4, -0.2) is 60.2 Å². The third kappa shape index (κ3) is 11.5. The number of nitrogens with one attached hydrogen (secondary N) is 1. The second-order valence-corrected chi connectivity index (χ2v) is 5.30. The first-order valence-electron chi connectivity index (χ1n) is 7.88. The first-order chi connectivity index (χ1) is 11.8. The number of hydrogen-bond acceptors (Lipinski definition) is 5. The van der Waals surface area contributed by atoms with Crippen molar-refractivity contribution in [3.63, 3.8) is 0 Å². The number of carboxylic acids is 2. The number of ether oxygens (including phenoxy) is 1. The van der Waals surface area contributed by atoms with Crippen LogP contribution in [0.3, 0.4) is 0 Å². The number of amides is 1. The van der Waals surface area contributed by atoms with E-state index >= 15 is 0 Å². The largest absolute Gasteiger partial charge is 0.497 e. The van der Waals surface area contributed by atoms with E-state index in [1.165, 1.54) is 12.8 Å². The molecule has 25 heavy (non-hydrogen) atoms. The van der Waals surface area contributed by atoms with Crippen molar-refractivity contribution < 1.29 is 29.3 Å². The predicted octanol–water partition coefficient (Wildman–Crippen LogP) is 1.91. The van der Waals surface area contributed by atoms with E-state index in [1.54, 1.807) is 7.11 Å². The number of anilines is 1. The van der Waals surface area contributed by atoms with E-state index in [0.29, 0.717) is 6.42 Å². The van der Waals surface area contributed by atoms with Crippen LogP contribution in [-0.2, 0) is 14.4 Å². The van der Waals surface area contributed by atoms with Crippen molar-refractivity contribution in [2.24, 2.45) is 0 Å². The molecule has 1 rings (SSSR count). The lowest BCUT2D eigenvalue weighted by Crippen LogP contribution is -2.25. The molecular formula is C17H26N2O6. The molecule has 8 heteroatoms. The highest BCUT2D eigenvalue weighted by molar-refractivity contribution is 6.27. The molecule has 0 aromatic heterocycles. The summed E-state index contributed by atoms with van der Waals surface area (Å²) in [6.07, 6.45) is 2.87. The van der Waals surface area contributed by atoms with Gasteiger partial charge in [-0.05, 0) is 32.1 Å². The molecule has 0 fully saturated rings. The average molecular weight is 354 g/mol. The van der Waals surface area contributed by atoms with E-state index in [1.807, 2.05) is 24.3 Å². The first kappa shape index (κ1) is 22.4. The lowest BCUT2D eigenvalue weighted by atomic mass is 10.2. The number of rotatable bonds is 8. The number of carboxylic acid groups (broad SMARTS) is 2. The van der Waals surface area contributed by atoms with Crippen LogP contribution in [0.1, 0.15) is 26.2 Å². The zero-order valence-electron chi connectivity index (χ0n) is 14.8. The summed E-state index contributed by atoms with van der Waals surface area (Å²) < 4.78 is 5.12. The Hall–Kier alpha value is -2.61. The highest BCUT2D eigenvalue weighted by Crippen LogP contribution is 2.16. The van der Waals surface area contributed by atoms with E-state index in [9.17, 15) is 4.79 Å². The zero-order valence-corrected chi connectivity index (χ0v) is 14.8. The van der Waals surface area contributed by atoms with Crippen molar-refractivity contribution >= 4 is 23.5 Å². The van der Waals surface area contributed by atoms with Crippen LogP contribution in [0, 0.1) is 0 Å². The van der Waals surface area contributed by atoms with Gasteiger partial charge in [0.25, 0.3) is 0 Å². The van der Waals surface area contributed by atoms with Gasteiger partial charge in [-0.3, -0.25) is 4.79 Å². The Bertz CT molecular complexity index is 550. The fraction of sp³-hybridized carbons (Fsp3) is 0.471. The molecule has 0 saturated carbocycles. The number of aliphatic carboxylic acids is 2. The van der Waals surface area contributed by atoms with Gasteiger partial charge in [-0.1, -0.05) is 19.4 Å². The Morgan fingerprint density at radius 1 is 1.16 bits per heavy atom. The highest BCUT2D eigenvalue weighted by Gasteiger charge is 2.05. The van der Waals surface area contributed by atoms with Gasteiger partial charge in [-0.2, -0.15) is 0 Å². The standard InChI is InChI=1S/C15H24N2O2.C2H2O4/c1-4-5-10-17(2)11-9-15(18)16-13-7-6-8-14(12-13)19-3;3-1(4)2(5)6/h6-8,12H,4-5,9-11H2,1-3H3,(H,16,18);(H,3,4)(H,5,6). The number of unbranched alkanes of at least 4 members (excludes halogenated alkanes) is 1. The van der Waals surface area contributed by atoms with Crippen LogP contribution in [0.4, 0.5) is 5.69 Å². The molecule has 1 aromatic rings. The van der Waals surface area contributed by atoms with E-state index < -0.39 is 11.9 Å². The van der Waals surface area contributed by atoms with Crippen molar-refractivity contribution in [3.05, 3.63) is 24.3 Å². The molecule has 0 radical (unpaired) electrons. The van der Waals surface area contributed by atoms with Crippen LogP contribution in [0.5, 0.6) is 5.75 Å². The third-order valence-electron chi connectivity index (χ3n) is 3.15. The summed E-state index contributed by atoms with van der Waals surface area (Å²) in [6.45, 7) is 4.00. The van der Waals surface area contributed by atoms with Crippen molar-refractivity contribution in [1.29, 1.82) is 0 Å². The Morgan fingerprint density at radius 2 is 1.80 bits per heavy atom. The number of hydrogen-bond donors (Lipinski definition) is 3. The normalized spacial score (nSPS) is 9.76. The average Bonchev–Trinajstić information content (AvgIpc) is 2.58. The molecule has 0 aliphatic carbocycles. The summed E-state index contributed by atoms with van der Waals surface area (Å²) in [4.78, 5) is 32.2. The van der Waals surface area contributed by atoms with Crippen molar-refractivity contribution in [2.45, 2.75) is 26.2 Å². The third-order valence-corrected chi connectivity index (χ3v) is 3.15. The summed E-state index contributed by atoms with van der Waals surface area (Å²) in [5.74, 6) is -2.86. The van der Waals surface area contributed by atoms with Gasteiger partial charge >= 0.3 is 11.9 Å². The summed E-state index contributed by atoms with van der Waals surface area (Å²) in [6, 6.07) is 7.40. The quantitative estimate of drug-likeness (QED) is 0.611. The van der Waals surface area contributed by atoms with Crippen molar-refractivity contribution in [2.75, 3.05) is 32.6 Å². The van der Waals surface area contributed by atoms with Crippen LogP contribution >= 0.6 is 0 Å². The highest BCUT2D eigenvalue weighted by atomic mass is 16.5. The maximum atomic E-state index is 11.8. The number of benzene rings is 1. The summed E-state index contributed by atoms with van der Waals surface area (Å²) in [5.41, 5.74) is 0.778. The Morgan fingerprint density at radius 3 is 2.32 bits per heavy atom. The van der Waals surface area contributed by atoms with Gasteiger partial charge in [-0.15, -0.1) is 0 Å². The predicted molar refractivity (Wildman–Crippen MR) is 93.9 cm³/mol. The van der Waals surface area contributed by atoms with Gasteiger partial charge in [-0.25, -0.2) is 9.59 Å². The van der Waals surface area contributed by atoms with E-state index in [-0.39, 0.29) is 5.91 Å². The number of nitrogens with zero attached hydrogens (tertiary/aromatic N) is 1. The van der Waals surface area contributed by atoms with Gasteiger partial charge in [0.1, 0.15) is 5.75 Å². The Kier molecular flexibility index (Phi) is 11.4. The SMILES string of the molecule is CCCCN(C)CCC(=O)Nc1cccc(OC)c1.O=C(O)C(=O)O. The molecule has 0 aliphatic rings. The smallest absolute Gasteiger partial charge is 0.414 e. The molecule has 140 valence electrons. The molecule has 0 unspecified atom stereocenters. The molecule has 0 aliphatic heterocycles. The second kappa shape index (κ2) is 12.8. The minimum absolute atomic E-state index is 0.0385. The topological polar surface area (TPSA) is 116 Å². The molecule has 0 saturated heterocycles. The number of carbonyl (C=O) groups is 3. The van der Waals surface area contributed by atoms with E-state index in [4.69, 9.17) is 24.5 Å². The fourth-order valence-electron chi connectivity index (χ4n) is 1.76. The summed E-state index contributed by atoms with van der Waals surface area (Å²) in [5, 5.41) is 17.7. The lowest BCUT2D eigenvalue weighted by molar-refractivity contribution is -0.159. The van der Waals surface area contributed by atoms with Crippen molar-refractivity contribution in [1.82, 2.24) is 4.90 Å². The summed E-state index contributed by atoms with van der Waals surface area (Å²) >= 11 is 0. The van der Waals surface area contributed by atoms with E-state index in [2.05, 4.69) is 24.2 Å². The Labute approximate surface area is 147 Å². The molecular weight excluding hydrogens is 328 g/mol. The molecule has 8 nitrogen and oxygen atoms in total. The molecule has 0 spiro atoms. The van der Waals surface area contributed by atoms with Gasteiger partial charge < -0.3 is 25.2 Å². The number of carbonyl (C=O) groups excluding carboxylic acids is 1. The monoisotopic (exact) mass is 354 g/mol. The number of methoxy groups -OCH3 is 1. The molecule has 1 amide bonds. The lowest BCUT2D eigenvalue weighted by Gasteiger charge is -2.15. The van der Waals surface area contributed by atoms with Gasteiger partial charge in [0.2, 0.25) is 5.91 Å². The van der Waals surface area contributed by atoms with Crippen LogP contribution in [0.25, 0.3) is 0 Å². The van der Waals surface area contributed by atoms with E-state index in [0.717, 1.165) is 24.5 Å². The van der Waals surface area contributed by atoms with Gasteiger partial charge in [0, 0.05) is 24.7 Å². The first-order valence-corrected chi connectivity index (χ1v) is 7.88. The fourth-order valence-corrected chi connectivity index (χ4v) is 1.76. The maximum Gasteiger partial charge on any atom is 0.414 e. The molecule has 1 aromatic carbocycles. The minimum Gasteiger partial charge on any atom is -0.497 e.